The van der Waals surface area contributed by atoms with Crippen molar-refractivity contribution >= 4 is 30.4 Å². The zero-order chi connectivity index (χ0) is 14.5. The molecule has 0 saturated heterocycles. The minimum atomic E-state index is -1.52. The van der Waals surface area contributed by atoms with E-state index >= 15 is 0 Å². The van der Waals surface area contributed by atoms with Gasteiger partial charge in [-0.25, -0.2) is 0 Å². The van der Waals surface area contributed by atoms with Gasteiger partial charge in [0, 0.05) is 16.5 Å². The molecule has 3 rings (SSSR count). The van der Waals surface area contributed by atoms with Gasteiger partial charge in [0.2, 0.25) is 11.6 Å². The molecular weight excluding hydrogens is 264 g/mol. The molecule has 0 saturated carbocycles. The van der Waals surface area contributed by atoms with Gasteiger partial charge in [0.1, 0.15) is 8.07 Å². The van der Waals surface area contributed by atoms with Crippen LogP contribution in [-0.4, -0.2) is 19.6 Å². The quantitative estimate of drug-likeness (QED) is 0.420. The summed E-state index contributed by atoms with van der Waals surface area (Å²) in [5, 5.41) is 1.69. The second-order valence-electron chi connectivity index (χ2n) is 6.05. The van der Waals surface area contributed by atoms with E-state index in [4.69, 9.17) is 0 Å². The van der Waals surface area contributed by atoms with Crippen LogP contribution < -0.4 is 0 Å². The second kappa shape index (κ2) is 4.16. The highest BCUT2D eigenvalue weighted by Gasteiger charge is 2.32. The summed E-state index contributed by atoms with van der Waals surface area (Å²) in [6.07, 6.45) is 0. The van der Waals surface area contributed by atoms with Crippen LogP contribution in [0.25, 0.3) is 10.8 Å². The summed E-state index contributed by atoms with van der Waals surface area (Å²) >= 11 is 0. The van der Waals surface area contributed by atoms with Crippen LogP contribution in [-0.2, 0) is 0 Å². The molecule has 0 spiro atoms. The van der Waals surface area contributed by atoms with E-state index in [9.17, 15) is 9.59 Å². The number of rotatable bonds is 0. The number of benzene rings is 2. The second-order valence-corrected chi connectivity index (χ2v) is 10.8. The van der Waals surface area contributed by atoms with E-state index in [1.807, 2.05) is 24.3 Å². The molecule has 0 aliphatic heterocycles. The fourth-order valence-corrected chi connectivity index (χ4v) is 2.91. The molecule has 0 amide bonds. The topological polar surface area (TPSA) is 34.1 Å². The van der Waals surface area contributed by atoms with Gasteiger partial charge in [-0.3, -0.25) is 9.59 Å². The largest absolute Gasteiger partial charge is 0.285 e. The maximum atomic E-state index is 12.2. The highest BCUT2D eigenvalue weighted by molar-refractivity contribution is 6.83. The van der Waals surface area contributed by atoms with E-state index < -0.39 is 19.6 Å². The summed E-state index contributed by atoms with van der Waals surface area (Å²) in [4.78, 5) is 24.3. The first-order valence-corrected chi connectivity index (χ1v) is 10.1. The molecule has 0 atom stereocenters. The van der Waals surface area contributed by atoms with Crippen LogP contribution in [0, 0.1) is 11.5 Å². The van der Waals surface area contributed by atoms with E-state index in [2.05, 4.69) is 31.1 Å². The van der Waals surface area contributed by atoms with Crippen molar-refractivity contribution in [2.24, 2.45) is 0 Å². The lowest BCUT2D eigenvalue weighted by atomic mass is 10.0. The monoisotopic (exact) mass is 278 g/mol. The molecule has 0 radical (unpaired) electrons. The van der Waals surface area contributed by atoms with Gasteiger partial charge in [0.05, 0.1) is 5.56 Å². The molecule has 98 valence electrons. The van der Waals surface area contributed by atoms with Crippen molar-refractivity contribution in [1.82, 2.24) is 0 Å². The zero-order valence-electron chi connectivity index (χ0n) is 11.7. The maximum Gasteiger partial charge on any atom is 0.235 e. The van der Waals surface area contributed by atoms with Crippen molar-refractivity contribution in [2.75, 3.05) is 0 Å². The molecule has 0 heterocycles. The number of ketones is 2. The Hall–Kier alpha value is -2.18. The molecule has 20 heavy (non-hydrogen) atoms. The van der Waals surface area contributed by atoms with Gasteiger partial charge in [-0.1, -0.05) is 49.8 Å². The molecule has 1 aliphatic rings. The smallest absolute Gasteiger partial charge is 0.235 e. The third-order valence-corrected chi connectivity index (χ3v) is 4.17. The predicted octanol–water partition coefficient (Wildman–Crippen LogP) is 3.45. The molecule has 0 fully saturated rings. The lowest BCUT2D eigenvalue weighted by Gasteiger charge is -2.05. The van der Waals surface area contributed by atoms with E-state index in [1.165, 1.54) is 0 Å². The number of hydrogen-bond acceptors (Lipinski definition) is 2. The Labute approximate surface area is 118 Å². The summed E-state index contributed by atoms with van der Waals surface area (Å²) in [6.45, 7) is 6.45. The average molecular weight is 278 g/mol. The fraction of sp³-hybridized carbons (Fsp3) is 0.176. The van der Waals surface area contributed by atoms with Gasteiger partial charge >= 0.3 is 0 Å². The molecule has 2 nitrogen and oxygen atoms in total. The summed E-state index contributed by atoms with van der Waals surface area (Å²) in [5.74, 6) is 2.29. The first-order valence-electron chi connectivity index (χ1n) is 6.56. The van der Waals surface area contributed by atoms with Crippen molar-refractivity contribution < 1.29 is 9.59 Å². The molecule has 0 N–H and O–H groups in total. The summed E-state index contributed by atoms with van der Waals surface area (Å²) in [5.41, 5.74) is 4.95. The molecule has 0 bridgehead atoms. The van der Waals surface area contributed by atoms with Crippen LogP contribution in [0.2, 0.25) is 19.6 Å². The third kappa shape index (κ3) is 1.89. The normalized spacial score (nSPS) is 13.6. The minimum Gasteiger partial charge on any atom is -0.285 e. The van der Waals surface area contributed by atoms with Crippen molar-refractivity contribution in [3.05, 3.63) is 47.0 Å². The van der Waals surface area contributed by atoms with Crippen LogP contribution in [0.4, 0.5) is 0 Å². The highest BCUT2D eigenvalue weighted by atomic mass is 28.3. The lowest BCUT2D eigenvalue weighted by Crippen LogP contribution is -2.16. The summed E-state index contributed by atoms with van der Waals surface area (Å²) in [6, 6.07) is 9.23. The molecule has 1 aliphatic carbocycles. The standard InChI is InChI=1S/C17H14O2Si/c1-20(2,3)10-9-12-8-7-11-5-4-6-13-14(11)15(12)17(19)16(13)18/h4-8H,1-3H3. The SMILES string of the molecule is C[Si](C)(C)C#Cc1ccc2cccc3c2c1C(=O)C3=O. The Morgan fingerprint density at radius 1 is 0.950 bits per heavy atom. The highest BCUT2D eigenvalue weighted by Crippen LogP contribution is 2.32. The molecule has 0 aromatic heterocycles. The molecule has 2 aromatic carbocycles. The lowest BCUT2D eigenvalue weighted by molar-refractivity contribution is 0.0825. The minimum absolute atomic E-state index is 0.409. The van der Waals surface area contributed by atoms with Gasteiger partial charge in [-0.05, 0) is 11.5 Å². The Bertz CT molecular complexity index is 830. The van der Waals surface area contributed by atoms with Crippen LogP contribution >= 0.6 is 0 Å². The van der Waals surface area contributed by atoms with E-state index in [1.54, 1.807) is 6.07 Å². The van der Waals surface area contributed by atoms with Crippen LogP contribution in [0.3, 0.4) is 0 Å². The number of Topliss-reactive ketones (excluding diaryl/α,β-unsaturated/α-hetero) is 2. The maximum absolute atomic E-state index is 12.2. The van der Waals surface area contributed by atoms with Gasteiger partial charge < -0.3 is 0 Å². The van der Waals surface area contributed by atoms with Gasteiger partial charge in [0.15, 0.2) is 0 Å². The predicted molar refractivity (Wildman–Crippen MR) is 82.8 cm³/mol. The Balaban J connectivity index is 2.33. The first kappa shape index (κ1) is 12.8. The van der Waals surface area contributed by atoms with E-state index in [0.29, 0.717) is 16.7 Å². The molecule has 3 heteroatoms. The first-order chi connectivity index (χ1) is 9.38. The van der Waals surface area contributed by atoms with Crippen molar-refractivity contribution in [3.63, 3.8) is 0 Å². The number of carbonyl (C=O) groups is 2. The zero-order valence-corrected chi connectivity index (χ0v) is 12.7. The summed E-state index contributed by atoms with van der Waals surface area (Å²) in [7, 11) is -1.52. The van der Waals surface area contributed by atoms with Gasteiger partial charge in [-0.2, -0.15) is 0 Å². The number of hydrogen-bond donors (Lipinski definition) is 0. The molecular formula is C17H14O2Si. The van der Waals surface area contributed by atoms with Crippen LogP contribution in [0.5, 0.6) is 0 Å². The van der Waals surface area contributed by atoms with Crippen LogP contribution in [0.1, 0.15) is 26.3 Å². The fourth-order valence-electron chi connectivity index (χ4n) is 2.40. The van der Waals surface area contributed by atoms with Crippen molar-refractivity contribution in [2.45, 2.75) is 19.6 Å². The third-order valence-electron chi connectivity index (χ3n) is 3.30. The van der Waals surface area contributed by atoms with Gasteiger partial charge in [-0.15, -0.1) is 5.54 Å². The summed E-state index contributed by atoms with van der Waals surface area (Å²) < 4.78 is 0. The van der Waals surface area contributed by atoms with E-state index in [0.717, 1.165) is 10.8 Å². The Morgan fingerprint density at radius 3 is 2.40 bits per heavy atom. The number of carbonyl (C=O) groups excluding carboxylic acids is 2. The van der Waals surface area contributed by atoms with Crippen LogP contribution in [0.15, 0.2) is 30.3 Å². The Morgan fingerprint density at radius 2 is 1.70 bits per heavy atom. The molecule has 2 aromatic rings. The van der Waals surface area contributed by atoms with Gasteiger partial charge in [0.25, 0.3) is 0 Å². The molecule has 0 unspecified atom stereocenters. The van der Waals surface area contributed by atoms with E-state index in [-0.39, 0.29) is 0 Å². The van der Waals surface area contributed by atoms with Crippen molar-refractivity contribution in [3.8, 4) is 11.5 Å². The Kier molecular flexibility index (Phi) is 2.67. The average Bonchev–Trinajstić information content (AvgIpc) is 2.65. The van der Waals surface area contributed by atoms with Crippen molar-refractivity contribution in [1.29, 1.82) is 0 Å².